The largest absolute Gasteiger partial charge is 0.472 e. The molecule has 0 heterocycles. The Labute approximate surface area is 594 Å². The fourth-order valence-electron chi connectivity index (χ4n) is 11.9. The molecule has 0 rings (SSSR count). The number of aliphatic hydroxyl groups is 1. The first-order valence-electron chi connectivity index (χ1n) is 40.2. The summed E-state index contributed by atoms with van der Waals surface area (Å²) in [5, 5.41) is 10.6. The van der Waals surface area contributed by atoms with Gasteiger partial charge in [0.2, 0.25) is 0 Å². The van der Waals surface area contributed by atoms with Gasteiger partial charge in [-0.05, 0) is 49.4 Å². The number of carbonyl (C=O) groups is 4. The minimum atomic E-state index is -4.96. The van der Waals surface area contributed by atoms with E-state index >= 15 is 0 Å². The van der Waals surface area contributed by atoms with Gasteiger partial charge in [-0.3, -0.25) is 37.3 Å². The molecule has 0 spiro atoms. The Bertz CT molecular complexity index is 1900. The van der Waals surface area contributed by atoms with Gasteiger partial charge in [-0.25, -0.2) is 9.13 Å². The van der Waals surface area contributed by atoms with Crippen LogP contribution in [0.3, 0.4) is 0 Å². The number of esters is 4. The molecule has 19 heteroatoms. The van der Waals surface area contributed by atoms with Crippen LogP contribution in [0.2, 0.25) is 0 Å². The lowest BCUT2D eigenvalue weighted by Crippen LogP contribution is -2.30. The molecule has 576 valence electrons. The highest BCUT2D eigenvalue weighted by Gasteiger charge is 2.30. The lowest BCUT2D eigenvalue weighted by atomic mass is 10.0. The Hall–Kier alpha value is -1.94. The van der Waals surface area contributed by atoms with E-state index in [-0.39, 0.29) is 25.7 Å². The Balaban J connectivity index is 5.21. The highest BCUT2D eigenvalue weighted by Crippen LogP contribution is 2.45. The summed E-state index contributed by atoms with van der Waals surface area (Å²) < 4.78 is 68.6. The Kier molecular flexibility index (Phi) is 65.9. The van der Waals surface area contributed by atoms with Gasteiger partial charge < -0.3 is 33.8 Å². The monoisotopic (exact) mass is 1420 g/mol. The molecule has 0 aromatic heterocycles. The Morgan fingerprint density at radius 3 is 0.639 bits per heavy atom. The molecule has 0 bridgehead atoms. The molecule has 0 fully saturated rings. The number of rotatable bonds is 75. The van der Waals surface area contributed by atoms with E-state index in [0.29, 0.717) is 31.6 Å². The van der Waals surface area contributed by atoms with E-state index in [0.717, 1.165) is 114 Å². The smallest absolute Gasteiger partial charge is 0.462 e. The number of carbonyl (C=O) groups excluding carboxylic acids is 4. The van der Waals surface area contributed by atoms with Crippen LogP contribution < -0.4 is 0 Å². The highest BCUT2D eigenvalue weighted by atomic mass is 31.2. The summed E-state index contributed by atoms with van der Waals surface area (Å²) in [4.78, 5) is 72.9. The van der Waals surface area contributed by atoms with Crippen molar-refractivity contribution in [3.63, 3.8) is 0 Å². The van der Waals surface area contributed by atoms with Gasteiger partial charge in [-0.2, -0.15) is 0 Å². The standard InChI is InChI=1S/C78H152O17P2/c1-68(2)54-46-38-30-23-17-15-13-11-9-10-12-14-16-18-27-35-44-52-60-77(82)94-73(64-88-75(80)58-50-42-34-26-21-19-24-31-39-47-55-69(3)4)66-92-96(84,85)90-62-72(79)63-91-97(86,87)93-67-74(65-89-76(81)59-51-43-37-29-33-41-49-57-71(7)8)95-78(83)61-53-45-36-28-22-20-25-32-40-48-56-70(5)6/h68-74,79H,9-67H2,1-8H3,(H,84,85)(H,86,87)/t72?,73-,74-/m1/s1. The molecule has 0 amide bonds. The maximum absolute atomic E-state index is 13.1. The Morgan fingerprint density at radius 1 is 0.258 bits per heavy atom. The minimum absolute atomic E-state index is 0.105. The van der Waals surface area contributed by atoms with E-state index in [1.807, 2.05) is 0 Å². The summed E-state index contributed by atoms with van der Waals surface area (Å²) in [5.41, 5.74) is 0. The topological polar surface area (TPSA) is 237 Å². The number of unbranched alkanes of at least 4 members (excludes halogenated alkanes) is 41. The lowest BCUT2D eigenvalue weighted by molar-refractivity contribution is -0.161. The number of hydrogen-bond acceptors (Lipinski definition) is 15. The summed E-state index contributed by atoms with van der Waals surface area (Å²) in [6.45, 7) is 14.2. The summed E-state index contributed by atoms with van der Waals surface area (Å²) in [7, 11) is -9.92. The first-order chi connectivity index (χ1) is 46.6. The van der Waals surface area contributed by atoms with Gasteiger partial charge in [0.05, 0.1) is 26.4 Å². The van der Waals surface area contributed by atoms with Crippen molar-refractivity contribution in [3.05, 3.63) is 0 Å². The second kappa shape index (κ2) is 67.2. The molecule has 17 nitrogen and oxygen atoms in total. The van der Waals surface area contributed by atoms with Crippen LogP contribution in [-0.4, -0.2) is 96.7 Å². The summed E-state index contributed by atoms with van der Waals surface area (Å²) in [5.74, 6) is 0.916. The van der Waals surface area contributed by atoms with E-state index < -0.39 is 97.5 Å². The van der Waals surface area contributed by atoms with Crippen molar-refractivity contribution in [2.45, 2.75) is 414 Å². The van der Waals surface area contributed by atoms with Gasteiger partial charge in [0.25, 0.3) is 0 Å². The van der Waals surface area contributed by atoms with E-state index in [2.05, 4.69) is 55.4 Å². The molecule has 0 aromatic carbocycles. The van der Waals surface area contributed by atoms with Crippen molar-refractivity contribution in [1.82, 2.24) is 0 Å². The van der Waals surface area contributed by atoms with Crippen LogP contribution in [0, 0.1) is 23.7 Å². The number of phosphoric ester groups is 2. The lowest BCUT2D eigenvalue weighted by Gasteiger charge is -2.21. The van der Waals surface area contributed by atoms with Crippen LogP contribution in [0.25, 0.3) is 0 Å². The molecule has 3 N–H and O–H groups in total. The zero-order valence-corrected chi connectivity index (χ0v) is 65.5. The third-order valence-electron chi connectivity index (χ3n) is 18.1. The molecular weight excluding hydrogens is 1270 g/mol. The third kappa shape index (κ3) is 72.2. The van der Waals surface area contributed by atoms with E-state index in [9.17, 15) is 43.2 Å². The zero-order valence-electron chi connectivity index (χ0n) is 63.7. The SMILES string of the molecule is CC(C)CCCCCCCCCCCCCCCCCCCCC(=O)O[C@H](COC(=O)CCCCCCCCCCCCC(C)C)COP(=O)(O)OCC(O)COP(=O)(O)OC[C@@H](COC(=O)CCCCCCCCCC(C)C)OC(=O)CCCCCCCCCCCCC(C)C. The summed E-state index contributed by atoms with van der Waals surface area (Å²) in [6.07, 6.45) is 52.9. The number of aliphatic hydroxyl groups excluding tert-OH is 1. The fourth-order valence-corrected chi connectivity index (χ4v) is 13.5. The second-order valence-corrected chi connectivity index (χ2v) is 32.9. The van der Waals surface area contributed by atoms with Crippen LogP contribution in [0.4, 0.5) is 0 Å². The van der Waals surface area contributed by atoms with Gasteiger partial charge >= 0.3 is 39.5 Å². The van der Waals surface area contributed by atoms with Crippen LogP contribution >= 0.6 is 15.6 Å². The molecule has 97 heavy (non-hydrogen) atoms. The van der Waals surface area contributed by atoms with Crippen LogP contribution in [0.5, 0.6) is 0 Å². The summed E-state index contributed by atoms with van der Waals surface area (Å²) in [6, 6.07) is 0. The van der Waals surface area contributed by atoms with Crippen LogP contribution in [-0.2, 0) is 65.4 Å². The normalized spacial score (nSPS) is 14.1. The molecule has 0 radical (unpaired) electrons. The van der Waals surface area contributed by atoms with Crippen LogP contribution in [0.15, 0.2) is 0 Å². The van der Waals surface area contributed by atoms with Gasteiger partial charge in [-0.1, -0.05) is 344 Å². The number of ether oxygens (including phenoxy) is 4. The van der Waals surface area contributed by atoms with E-state index in [1.54, 1.807) is 0 Å². The first-order valence-corrected chi connectivity index (χ1v) is 43.2. The second-order valence-electron chi connectivity index (χ2n) is 30.0. The fraction of sp³-hybridized carbons (Fsp3) is 0.949. The number of hydrogen-bond donors (Lipinski definition) is 3. The van der Waals surface area contributed by atoms with Crippen LogP contribution in [0.1, 0.15) is 396 Å². The third-order valence-corrected chi connectivity index (χ3v) is 20.0. The average Bonchev–Trinajstić information content (AvgIpc) is 1.88. The molecule has 5 atom stereocenters. The summed E-state index contributed by atoms with van der Waals surface area (Å²) >= 11 is 0. The van der Waals surface area contributed by atoms with Crippen molar-refractivity contribution in [3.8, 4) is 0 Å². The molecule has 0 aliphatic carbocycles. The minimum Gasteiger partial charge on any atom is -0.462 e. The van der Waals surface area contributed by atoms with Gasteiger partial charge in [-0.15, -0.1) is 0 Å². The zero-order chi connectivity index (χ0) is 71.7. The maximum atomic E-state index is 13.1. The molecule has 0 saturated carbocycles. The van der Waals surface area contributed by atoms with E-state index in [1.165, 1.54) is 193 Å². The highest BCUT2D eigenvalue weighted by molar-refractivity contribution is 7.47. The van der Waals surface area contributed by atoms with Crippen molar-refractivity contribution in [2.24, 2.45) is 23.7 Å². The molecule has 0 aliphatic heterocycles. The predicted molar refractivity (Wildman–Crippen MR) is 395 cm³/mol. The predicted octanol–water partition coefficient (Wildman–Crippen LogP) is 22.8. The Morgan fingerprint density at radius 2 is 0.433 bits per heavy atom. The van der Waals surface area contributed by atoms with Gasteiger partial charge in [0.1, 0.15) is 19.3 Å². The number of phosphoric acid groups is 2. The molecule has 0 aliphatic rings. The average molecular weight is 1420 g/mol. The quantitative estimate of drug-likeness (QED) is 0.0222. The van der Waals surface area contributed by atoms with Crippen molar-refractivity contribution in [1.29, 1.82) is 0 Å². The molecular formula is C78H152O17P2. The molecule has 3 unspecified atom stereocenters. The van der Waals surface area contributed by atoms with Gasteiger partial charge in [0.15, 0.2) is 12.2 Å². The molecule has 0 saturated heterocycles. The van der Waals surface area contributed by atoms with Crippen molar-refractivity contribution < 1.29 is 80.2 Å². The van der Waals surface area contributed by atoms with E-state index in [4.69, 9.17) is 37.0 Å². The molecule has 0 aromatic rings. The van der Waals surface area contributed by atoms with Gasteiger partial charge in [0, 0.05) is 25.7 Å². The van der Waals surface area contributed by atoms with Crippen molar-refractivity contribution >= 4 is 39.5 Å². The van der Waals surface area contributed by atoms with Crippen molar-refractivity contribution in [2.75, 3.05) is 39.6 Å². The first kappa shape index (κ1) is 95.1. The maximum Gasteiger partial charge on any atom is 0.472 e.